The van der Waals surface area contributed by atoms with Gasteiger partial charge in [-0.25, -0.2) is 13.1 Å². The minimum atomic E-state index is -3.44. The largest absolute Gasteiger partial charge is 0.312 e. The fraction of sp³-hybridized carbons (Fsp3) is 0.357. The molecule has 0 atom stereocenters. The number of thiophene rings is 1. The molecule has 3 rings (SSSR count). The molecule has 0 aromatic carbocycles. The number of rotatable bonds is 4. The zero-order chi connectivity index (χ0) is 14.9. The standard InChI is InChI=1S/C14H17N3O2S2/c1-10-14(13-2-4-15-6-11(13)7-16-10)8-17-21(18,19)12-3-5-20-9-12/h3,5,7,9,15,17H,2,4,6,8H2,1H3. The number of nitrogens with one attached hydrogen (secondary N) is 2. The third-order valence-electron chi connectivity index (χ3n) is 3.71. The molecule has 112 valence electrons. The zero-order valence-corrected chi connectivity index (χ0v) is 13.4. The highest BCUT2D eigenvalue weighted by atomic mass is 32.2. The lowest BCUT2D eigenvalue weighted by Gasteiger charge is -2.21. The first-order chi connectivity index (χ1) is 10.1. The first-order valence-corrected chi connectivity index (χ1v) is 9.19. The number of sulfonamides is 1. The lowest BCUT2D eigenvalue weighted by Crippen LogP contribution is -2.28. The van der Waals surface area contributed by atoms with Crippen LogP contribution in [0.5, 0.6) is 0 Å². The van der Waals surface area contributed by atoms with Gasteiger partial charge < -0.3 is 5.32 Å². The van der Waals surface area contributed by atoms with Crippen molar-refractivity contribution >= 4 is 21.4 Å². The summed E-state index contributed by atoms with van der Waals surface area (Å²) in [6.07, 6.45) is 2.79. The van der Waals surface area contributed by atoms with E-state index in [9.17, 15) is 8.42 Å². The van der Waals surface area contributed by atoms with Gasteiger partial charge in [-0.2, -0.15) is 11.3 Å². The predicted molar refractivity (Wildman–Crippen MR) is 82.7 cm³/mol. The van der Waals surface area contributed by atoms with Crippen LogP contribution in [0.2, 0.25) is 0 Å². The Bertz CT molecular complexity index is 740. The maximum atomic E-state index is 12.2. The summed E-state index contributed by atoms with van der Waals surface area (Å²) in [5.41, 5.74) is 4.29. The molecule has 1 aliphatic rings. The van der Waals surface area contributed by atoms with Crippen molar-refractivity contribution in [1.29, 1.82) is 0 Å². The molecular weight excluding hydrogens is 306 g/mol. The maximum absolute atomic E-state index is 12.2. The molecule has 1 aliphatic heterocycles. The van der Waals surface area contributed by atoms with E-state index in [-0.39, 0.29) is 0 Å². The minimum absolute atomic E-state index is 0.292. The van der Waals surface area contributed by atoms with Crippen LogP contribution in [0.15, 0.2) is 27.9 Å². The Morgan fingerprint density at radius 2 is 2.33 bits per heavy atom. The third kappa shape index (κ3) is 3.01. The summed E-state index contributed by atoms with van der Waals surface area (Å²) in [4.78, 5) is 4.71. The van der Waals surface area contributed by atoms with Crippen LogP contribution in [0.25, 0.3) is 0 Å². The number of pyridine rings is 1. The van der Waals surface area contributed by atoms with Crippen molar-refractivity contribution < 1.29 is 8.42 Å². The molecule has 0 radical (unpaired) electrons. The molecule has 0 fully saturated rings. The van der Waals surface area contributed by atoms with E-state index in [1.54, 1.807) is 16.8 Å². The molecule has 21 heavy (non-hydrogen) atoms. The normalized spacial score (nSPS) is 14.9. The number of hydrogen-bond donors (Lipinski definition) is 2. The summed E-state index contributed by atoms with van der Waals surface area (Å²) >= 11 is 1.37. The highest BCUT2D eigenvalue weighted by Crippen LogP contribution is 2.21. The van der Waals surface area contributed by atoms with E-state index in [0.717, 1.165) is 36.3 Å². The third-order valence-corrected chi connectivity index (χ3v) is 5.95. The SMILES string of the molecule is Cc1ncc2c(c1CNS(=O)(=O)c1ccsc1)CCNC2. The second kappa shape index (κ2) is 5.84. The van der Waals surface area contributed by atoms with Crippen LogP contribution in [0, 0.1) is 6.92 Å². The summed E-state index contributed by atoms with van der Waals surface area (Å²) in [6, 6.07) is 1.61. The first kappa shape index (κ1) is 14.6. The average Bonchev–Trinajstić information content (AvgIpc) is 3.01. The molecule has 0 saturated heterocycles. The van der Waals surface area contributed by atoms with Crippen molar-refractivity contribution in [2.24, 2.45) is 0 Å². The number of hydrogen-bond acceptors (Lipinski definition) is 5. The van der Waals surface area contributed by atoms with Gasteiger partial charge in [0.2, 0.25) is 10.0 Å². The van der Waals surface area contributed by atoms with Gasteiger partial charge in [0.1, 0.15) is 0 Å². The van der Waals surface area contributed by atoms with Gasteiger partial charge in [0.15, 0.2) is 0 Å². The van der Waals surface area contributed by atoms with Crippen molar-refractivity contribution in [1.82, 2.24) is 15.0 Å². The van der Waals surface area contributed by atoms with E-state index in [2.05, 4.69) is 15.0 Å². The molecule has 0 spiro atoms. The highest BCUT2D eigenvalue weighted by Gasteiger charge is 2.19. The average molecular weight is 323 g/mol. The lowest BCUT2D eigenvalue weighted by atomic mass is 9.96. The lowest BCUT2D eigenvalue weighted by molar-refractivity contribution is 0.579. The summed E-state index contributed by atoms with van der Waals surface area (Å²) in [6.45, 7) is 3.93. The highest BCUT2D eigenvalue weighted by molar-refractivity contribution is 7.89. The molecule has 0 aliphatic carbocycles. The molecule has 3 heterocycles. The molecular formula is C14H17N3O2S2. The van der Waals surface area contributed by atoms with Crippen LogP contribution in [0.4, 0.5) is 0 Å². The van der Waals surface area contributed by atoms with Crippen molar-refractivity contribution in [3.8, 4) is 0 Å². The molecule has 5 nitrogen and oxygen atoms in total. The Kier molecular flexibility index (Phi) is 4.08. The van der Waals surface area contributed by atoms with Crippen LogP contribution in [0.3, 0.4) is 0 Å². The van der Waals surface area contributed by atoms with E-state index in [0.29, 0.717) is 11.4 Å². The summed E-state index contributed by atoms with van der Waals surface area (Å²) < 4.78 is 27.1. The quantitative estimate of drug-likeness (QED) is 0.896. The number of aryl methyl sites for hydroxylation is 1. The molecule has 2 aromatic rings. The minimum Gasteiger partial charge on any atom is -0.312 e. The van der Waals surface area contributed by atoms with E-state index >= 15 is 0 Å². The Hall–Kier alpha value is -1.28. The van der Waals surface area contributed by atoms with Gasteiger partial charge >= 0.3 is 0 Å². The van der Waals surface area contributed by atoms with Gasteiger partial charge in [0.25, 0.3) is 0 Å². The summed E-state index contributed by atoms with van der Waals surface area (Å²) in [5.74, 6) is 0. The van der Waals surface area contributed by atoms with Crippen molar-refractivity contribution in [3.63, 3.8) is 0 Å². The van der Waals surface area contributed by atoms with Gasteiger partial charge in [-0.1, -0.05) is 0 Å². The van der Waals surface area contributed by atoms with Crippen LogP contribution in [-0.2, 0) is 29.5 Å². The van der Waals surface area contributed by atoms with Crippen LogP contribution < -0.4 is 10.0 Å². The molecule has 0 unspecified atom stereocenters. The van der Waals surface area contributed by atoms with Crippen molar-refractivity contribution in [2.45, 2.75) is 31.3 Å². The fourth-order valence-electron chi connectivity index (χ4n) is 2.53. The topological polar surface area (TPSA) is 71.1 Å². The Morgan fingerprint density at radius 1 is 1.48 bits per heavy atom. The fourth-order valence-corrected chi connectivity index (χ4v) is 4.56. The van der Waals surface area contributed by atoms with E-state index in [1.807, 2.05) is 13.1 Å². The van der Waals surface area contributed by atoms with Crippen LogP contribution in [0.1, 0.15) is 22.4 Å². The second-order valence-corrected chi connectivity index (χ2v) is 7.58. The molecule has 2 N–H and O–H groups in total. The molecule has 2 aromatic heterocycles. The summed E-state index contributed by atoms with van der Waals surface area (Å²) in [7, 11) is -3.44. The summed E-state index contributed by atoms with van der Waals surface area (Å²) in [5, 5.41) is 6.70. The first-order valence-electron chi connectivity index (χ1n) is 6.77. The maximum Gasteiger partial charge on any atom is 0.241 e. The Morgan fingerprint density at radius 3 is 3.10 bits per heavy atom. The van der Waals surface area contributed by atoms with Gasteiger partial charge in [-0.15, -0.1) is 0 Å². The molecule has 7 heteroatoms. The van der Waals surface area contributed by atoms with Crippen molar-refractivity contribution in [3.05, 3.63) is 45.4 Å². The molecule has 0 saturated carbocycles. The predicted octanol–water partition coefficient (Wildman–Crippen LogP) is 1.58. The van der Waals surface area contributed by atoms with Gasteiger partial charge in [0, 0.05) is 30.4 Å². The Balaban J connectivity index is 1.86. The van der Waals surface area contributed by atoms with Gasteiger partial charge in [-0.05, 0) is 48.0 Å². The van der Waals surface area contributed by atoms with Crippen molar-refractivity contribution in [2.75, 3.05) is 6.54 Å². The second-order valence-electron chi connectivity index (χ2n) is 5.04. The van der Waals surface area contributed by atoms with E-state index < -0.39 is 10.0 Å². The van der Waals surface area contributed by atoms with Crippen LogP contribution >= 0.6 is 11.3 Å². The smallest absolute Gasteiger partial charge is 0.241 e. The zero-order valence-electron chi connectivity index (χ0n) is 11.7. The van der Waals surface area contributed by atoms with Crippen LogP contribution in [-0.4, -0.2) is 19.9 Å². The van der Waals surface area contributed by atoms with Gasteiger partial charge in [-0.3, -0.25) is 4.98 Å². The number of nitrogens with zero attached hydrogens (tertiary/aromatic N) is 1. The molecule has 0 bridgehead atoms. The number of fused-ring (bicyclic) bond motifs is 1. The monoisotopic (exact) mass is 323 g/mol. The van der Waals surface area contributed by atoms with Gasteiger partial charge in [0.05, 0.1) is 4.90 Å². The van der Waals surface area contributed by atoms with E-state index in [1.165, 1.54) is 16.9 Å². The molecule has 0 amide bonds. The number of aromatic nitrogens is 1. The van der Waals surface area contributed by atoms with E-state index in [4.69, 9.17) is 0 Å². The Labute approximate surface area is 128 Å².